The van der Waals surface area contributed by atoms with E-state index in [0.29, 0.717) is 22.9 Å². The maximum Gasteiger partial charge on any atom is 0.254 e. The van der Waals surface area contributed by atoms with Gasteiger partial charge < -0.3 is 18.9 Å². The predicted octanol–water partition coefficient (Wildman–Crippen LogP) is 4.12. The summed E-state index contributed by atoms with van der Waals surface area (Å²) < 4.78 is 53.6. The van der Waals surface area contributed by atoms with Gasteiger partial charge in [0.05, 0.1) is 43.4 Å². The van der Waals surface area contributed by atoms with Crippen molar-refractivity contribution in [1.29, 1.82) is 0 Å². The van der Waals surface area contributed by atoms with E-state index in [9.17, 15) is 17.6 Å². The maximum atomic E-state index is 14.3. The van der Waals surface area contributed by atoms with Crippen molar-refractivity contribution in [3.8, 4) is 0 Å². The van der Waals surface area contributed by atoms with Crippen molar-refractivity contribution in [1.82, 2.24) is 14.5 Å². The SMILES string of the molecule is COCCN(Cc1cnc(S(=O)(=O)Cc2ccccc2F)n1C[C@@H]1CCCO1)C(=O)c1cccc(Cl)c1. The number of methoxy groups -OCH3 is 1. The Morgan fingerprint density at radius 1 is 1.27 bits per heavy atom. The summed E-state index contributed by atoms with van der Waals surface area (Å²) in [6, 6.07) is 12.4. The van der Waals surface area contributed by atoms with Gasteiger partial charge in [0.15, 0.2) is 0 Å². The lowest BCUT2D eigenvalue weighted by Crippen LogP contribution is -2.34. The average Bonchev–Trinajstić information content (AvgIpc) is 3.53. The van der Waals surface area contributed by atoms with Gasteiger partial charge in [-0.1, -0.05) is 35.9 Å². The Kier molecular flexibility index (Phi) is 8.96. The molecule has 0 spiro atoms. The zero-order valence-corrected chi connectivity index (χ0v) is 22.0. The van der Waals surface area contributed by atoms with Crippen LogP contribution in [0.5, 0.6) is 0 Å². The number of aromatic nitrogens is 2. The van der Waals surface area contributed by atoms with E-state index in [4.69, 9.17) is 21.1 Å². The summed E-state index contributed by atoms with van der Waals surface area (Å²) in [5, 5.41) is 0.255. The van der Waals surface area contributed by atoms with Crippen molar-refractivity contribution < 1.29 is 27.1 Å². The van der Waals surface area contributed by atoms with E-state index in [0.717, 1.165) is 12.8 Å². The quantitative estimate of drug-likeness (QED) is 0.357. The van der Waals surface area contributed by atoms with Gasteiger partial charge in [-0.2, -0.15) is 0 Å². The van der Waals surface area contributed by atoms with E-state index in [1.165, 1.54) is 31.5 Å². The molecule has 1 amide bonds. The van der Waals surface area contributed by atoms with Gasteiger partial charge in [-0.05, 0) is 37.1 Å². The van der Waals surface area contributed by atoms with Crippen LogP contribution in [0, 0.1) is 5.82 Å². The van der Waals surface area contributed by atoms with Crippen LogP contribution in [0.15, 0.2) is 59.9 Å². The van der Waals surface area contributed by atoms with Gasteiger partial charge in [0.2, 0.25) is 15.0 Å². The minimum atomic E-state index is -4.01. The van der Waals surface area contributed by atoms with Gasteiger partial charge >= 0.3 is 0 Å². The molecule has 2 heterocycles. The molecule has 1 atom stereocenters. The van der Waals surface area contributed by atoms with Crippen LogP contribution >= 0.6 is 11.6 Å². The molecule has 0 saturated carbocycles. The number of carbonyl (C=O) groups is 1. The number of benzene rings is 2. The Balaban J connectivity index is 1.68. The van der Waals surface area contributed by atoms with Crippen LogP contribution in [0.3, 0.4) is 0 Å². The Morgan fingerprint density at radius 2 is 2.08 bits per heavy atom. The third kappa shape index (κ3) is 6.75. The van der Waals surface area contributed by atoms with Crippen LogP contribution in [0.4, 0.5) is 4.39 Å². The van der Waals surface area contributed by atoms with Crippen molar-refractivity contribution in [2.24, 2.45) is 0 Å². The number of amides is 1. The van der Waals surface area contributed by atoms with E-state index < -0.39 is 21.4 Å². The molecular formula is C26H29ClFN3O5S. The van der Waals surface area contributed by atoms with Crippen LogP contribution < -0.4 is 0 Å². The third-order valence-corrected chi connectivity index (χ3v) is 7.98. The molecule has 1 aromatic heterocycles. The van der Waals surface area contributed by atoms with Gasteiger partial charge in [-0.3, -0.25) is 4.79 Å². The fraction of sp³-hybridized carbons (Fsp3) is 0.385. The molecule has 1 aliphatic rings. The Hall–Kier alpha value is -2.79. The maximum absolute atomic E-state index is 14.3. The van der Waals surface area contributed by atoms with Gasteiger partial charge in [0.25, 0.3) is 5.91 Å². The molecule has 0 bridgehead atoms. The molecular weight excluding hydrogens is 521 g/mol. The van der Waals surface area contributed by atoms with E-state index in [1.807, 2.05) is 0 Å². The number of nitrogens with zero attached hydrogens (tertiary/aromatic N) is 3. The van der Waals surface area contributed by atoms with Crippen LogP contribution in [-0.4, -0.2) is 61.7 Å². The Labute approximate surface area is 220 Å². The lowest BCUT2D eigenvalue weighted by atomic mass is 10.2. The Bertz CT molecular complexity index is 1340. The molecule has 0 unspecified atom stereocenters. The first-order chi connectivity index (χ1) is 17.8. The normalized spacial score (nSPS) is 15.7. The number of carbonyl (C=O) groups excluding carboxylic acids is 1. The molecule has 198 valence electrons. The summed E-state index contributed by atoms with van der Waals surface area (Å²) in [4.78, 5) is 19.1. The minimum Gasteiger partial charge on any atom is -0.383 e. The number of hydrogen-bond acceptors (Lipinski definition) is 6. The summed E-state index contributed by atoms with van der Waals surface area (Å²) >= 11 is 6.09. The Morgan fingerprint density at radius 3 is 2.78 bits per heavy atom. The summed E-state index contributed by atoms with van der Waals surface area (Å²) in [7, 11) is -2.47. The number of sulfone groups is 1. The largest absolute Gasteiger partial charge is 0.383 e. The molecule has 8 nitrogen and oxygen atoms in total. The number of rotatable bonds is 11. The van der Waals surface area contributed by atoms with Crippen molar-refractivity contribution in [2.75, 3.05) is 26.9 Å². The van der Waals surface area contributed by atoms with Crippen molar-refractivity contribution in [2.45, 2.75) is 42.9 Å². The lowest BCUT2D eigenvalue weighted by Gasteiger charge is -2.24. The highest BCUT2D eigenvalue weighted by Crippen LogP contribution is 2.24. The predicted molar refractivity (Wildman–Crippen MR) is 137 cm³/mol. The van der Waals surface area contributed by atoms with Gasteiger partial charge in [-0.25, -0.2) is 17.8 Å². The second-order valence-electron chi connectivity index (χ2n) is 8.86. The molecule has 1 aliphatic heterocycles. The molecule has 11 heteroatoms. The lowest BCUT2D eigenvalue weighted by molar-refractivity contribution is 0.0668. The topological polar surface area (TPSA) is 90.7 Å². The fourth-order valence-corrected chi connectivity index (χ4v) is 6.00. The van der Waals surface area contributed by atoms with Crippen molar-refractivity contribution >= 4 is 27.3 Å². The number of halogens is 2. The third-order valence-electron chi connectivity index (χ3n) is 6.17. The molecule has 3 aromatic rings. The second kappa shape index (κ2) is 12.2. The van der Waals surface area contributed by atoms with Crippen LogP contribution in [0.1, 0.15) is 34.5 Å². The highest BCUT2D eigenvalue weighted by atomic mass is 35.5. The van der Waals surface area contributed by atoms with Gasteiger partial charge in [0.1, 0.15) is 5.82 Å². The fourth-order valence-electron chi connectivity index (χ4n) is 4.29. The first-order valence-electron chi connectivity index (χ1n) is 11.9. The highest BCUT2D eigenvalue weighted by Gasteiger charge is 2.29. The standard InChI is InChI=1S/C26H29ClFN3O5S/c1-35-13-11-30(25(32)19-7-4-8-21(27)14-19)16-22-15-29-26(31(22)17-23-9-5-12-36-23)37(33,34)18-20-6-2-3-10-24(20)28/h2-4,6-8,10,14-15,23H,5,9,11-13,16-18H2,1H3/t23-/m0/s1. The monoisotopic (exact) mass is 549 g/mol. The first kappa shape index (κ1) is 27.3. The van der Waals surface area contributed by atoms with Crippen molar-refractivity contribution in [3.63, 3.8) is 0 Å². The summed E-state index contributed by atoms with van der Waals surface area (Å²) in [5.41, 5.74) is 0.990. The zero-order chi connectivity index (χ0) is 26.4. The molecule has 2 aromatic carbocycles. The average molecular weight is 550 g/mol. The van der Waals surface area contributed by atoms with Crippen molar-refractivity contribution in [3.05, 3.63) is 82.4 Å². The van der Waals surface area contributed by atoms with E-state index >= 15 is 0 Å². The van der Waals surface area contributed by atoms with Crippen LogP contribution in [0.2, 0.25) is 5.02 Å². The summed E-state index contributed by atoms with van der Waals surface area (Å²) in [6.45, 7) is 1.49. The highest BCUT2D eigenvalue weighted by molar-refractivity contribution is 7.90. The molecule has 1 fully saturated rings. The smallest absolute Gasteiger partial charge is 0.254 e. The van der Waals surface area contributed by atoms with E-state index in [-0.39, 0.29) is 49.0 Å². The number of hydrogen-bond donors (Lipinski definition) is 0. The van der Waals surface area contributed by atoms with Crippen LogP contribution in [-0.2, 0) is 38.2 Å². The van der Waals surface area contributed by atoms with Gasteiger partial charge in [0, 0.05) is 36.4 Å². The number of imidazole rings is 1. The van der Waals surface area contributed by atoms with Gasteiger partial charge in [-0.15, -0.1) is 0 Å². The molecule has 0 radical (unpaired) electrons. The summed E-state index contributed by atoms with van der Waals surface area (Å²) in [6.07, 6.45) is 2.92. The van der Waals surface area contributed by atoms with Crippen LogP contribution in [0.25, 0.3) is 0 Å². The summed E-state index contributed by atoms with van der Waals surface area (Å²) in [5.74, 6) is -1.40. The molecule has 4 rings (SSSR count). The van der Waals surface area contributed by atoms with E-state index in [1.54, 1.807) is 39.8 Å². The molecule has 1 saturated heterocycles. The zero-order valence-electron chi connectivity index (χ0n) is 20.5. The first-order valence-corrected chi connectivity index (χ1v) is 14.0. The molecule has 0 N–H and O–H groups in total. The molecule has 0 aliphatic carbocycles. The second-order valence-corrected chi connectivity index (χ2v) is 11.2. The minimum absolute atomic E-state index is 0.0635. The number of ether oxygens (including phenoxy) is 2. The van der Waals surface area contributed by atoms with E-state index in [2.05, 4.69) is 4.98 Å². The molecule has 37 heavy (non-hydrogen) atoms.